The predicted molar refractivity (Wildman–Crippen MR) is 145 cm³/mol. The molecule has 0 aliphatic carbocycles. The first-order valence-corrected chi connectivity index (χ1v) is 12.8. The summed E-state index contributed by atoms with van der Waals surface area (Å²) in [7, 11) is 0. The van der Waals surface area contributed by atoms with Gasteiger partial charge in [0.15, 0.2) is 17.3 Å². The molecule has 6 aromatic rings. The van der Waals surface area contributed by atoms with Gasteiger partial charge in [0.25, 0.3) is 0 Å². The molecule has 0 saturated carbocycles. The van der Waals surface area contributed by atoms with E-state index >= 15 is 4.39 Å². The van der Waals surface area contributed by atoms with Crippen molar-refractivity contribution in [2.75, 3.05) is 13.1 Å². The molecule has 0 bridgehead atoms. The zero-order valence-electron chi connectivity index (χ0n) is 20.7. The lowest BCUT2D eigenvalue weighted by molar-refractivity contribution is 0.220. The number of H-pyrrole nitrogens is 2. The van der Waals surface area contributed by atoms with Crippen LogP contribution in [0.4, 0.5) is 4.39 Å². The Bertz CT molecular complexity index is 1750. The number of hydrogen-bond donors (Lipinski definition) is 2. The average Bonchev–Trinajstić information content (AvgIpc) is 3.59. The van der Waals surface area contributed by atoms with E-state index in [1.807, 2.05) is 30.5 Å². The van der Waals surface area contributed by atoms with Gasteiger partial charge in [-0.1, -0.05) is 12.5 Å². The Balaban J connectivity index is 1.29. The van der Waals surface area contributed by atoms with Crippen LogP contribution >= 0.6 is 0 Å². The van der Waals surface area contributed by atoms with Crippen LogP contribution in [0, 0.1) is 5.82 Å². The Kier molecular flexibility index (Phi) is 5.62. The SMILES string of the molecule is Fc1cc(-c2cncc(CN3CCCCC3)c2)cc2c(-c3nc4nccc(-c5cccnc5)c4[nH]3)[nH]nc12. The van der Waals surface area contributed by atoms with E-state index in [0.717, 1.165) is 53.0 Å². The molecule has 1 aromatic carbocycles. The summed E-state index contributed by atoms with van der Waals surface area (Å²) in [5.74, 6) is 0.145. The third-order valence-electron chi connectivity index (χ3n) is 7.20. The normalized spacial score (nSPS) is 14.4. The van der Waals surface area contributed by atoms with E-state index in [2.05, 4.69) is 41.1 Å². The molecule has 0 spiro atoms. The number of nitrogens with zero attached hydrogens (tertiary/aromatic N) is 6. The lowest BCUT2D eigenvalue weighted by Gasteiger charge is -2.26. The van der Waals surface area contributed by atoms with Crippen molar-refractivity contribution < 1.29 is 4.39 Å². The van der Waals surface area contributed by atoms with Crippen molar-refractivity contribution in [2.24, 2.45) is 0 Å². The van der Waals surface area contributed by atoms with Gasteiger partial charge >= 0.3 is 0 Å². The van der Waals surface area contributed by atoms with E-state index < -0.39 is 5.82 Å². The van der Waals surface area contributed by atoms with Crippen LogP contribution in [-0.4, -0.2) is 53.1 Å². The van der Waals surface area contributed by atoms with Gasteiger partial charge in [0.05, 0.1) is 5.52 Å². The van der Waals surface area contributed by atoms with E-state index in [1.54, 1.807) is 24.8 Å². The minimum absolute atomic E-state index is 0.266. The third-order valence-corrected chi connectivity index (χ3v) is 7.20. The number of aromatic nitrogens is 7. The molecule has 0 unspecified atom stereocenters. The first kappa shape index (κ1) is 22.7. The zero-order valence-corrected chi connectivity index (χ0v) is 20.7. The van der Waals surface area contributed by atoms with Gasteiger partial charge < -0.3 is 4.98 Å². The molecule has 0 atom stereocenters. The smallest absolute Gasteiger partial charge is 0.178 e. The molecule has 8 nitrogen and oxygen atoms in total. The number of rotatable bonds is 5. The summed E-state index contributed by atoms with van der Waals surface area (Å²) in [5.41, 5.74) is 6.86. The maximum absolute atomic E-state index is 15.3. The van der Waals surface area contributed by atoms with Gasteiger partial charge in [-0.25, -0.2) is 14.4 Å². The van der Waals surface area contributed by atoms with Gasteiger partial charge in [-0.3, -0.25) is 20.0 Å². The molecule has 1 fully saturated rings. The molecule has 2 N–H and O–H groups in total. The maximum Gasteiger partial charge on any atom is 0.178 e. The number of piperidine rings is 1. The number of imidazole rings is 1. The highest BCUT2D eigenvalue weighted by Crippen LogP contribution is 2.33. The summed E-state index contributed by atoms with van der Waals surface area (Å²) < 4.78 is 15.3. The number of likely N-dealkylation sites (tertiary alicyclic amines) is 1. The Labute approximate surface area is 218 Å². The first-order valence-electron chi connectivity index (χ1n) is 12.8. The van der Waals surface area contributed by atoms with Crippen molar-refractivity contribution in [3.63, 3.8) is 0 Å². The number of benzene rings is 1. The van der Waals surface area contributed by atoms with Gasteiger partial charge in [0.1, 0.15) is 11.2 Å². The van der Waals surface area contributed by atoms with Crippen LogP contribution in [0.1, 0.15) is 24.8 Å². The van der Waals surface area contributed by atoms with E-state index in [0.29, 0.717) is 22.6 Å². The summed E-state index contributed by atoms with van der Waals surface area (Å²) in [6.07, 6.45) is 12.7. The lowest BCUT2D eigenvalue weighted by Crippen LogP contribution is -2.29. The molecule has 6 heterocycles. The summed E-state index contributed by atoms with van der Waals surface area (Å²) in [4.78, 5) is 23.7. The van der Waals surface area contributed by atoms with Crippen LogP contribution < -0.4 is 0 Å². The fourth-order valence-electron chi connectivity index (χ4n) is 5.32. The molecule has 1 aliphatic heterocycles. The number of pyridine rings is 3. The molecule has 7 rings (SSSR count). The fraction of sp³-hybridized carbons (Fsp3) is 0.207. The molecule has 188 valence electrons. The molecule has 0 amide bonds. The fourth-order valence-corrected chi connectivity index (χ4v) is 5.32. The van der Waals surface area contributed by atoms with Crippen LogP contribution in [0.2, 0.25) is 0 Å². The zero-order chi connectivity index (χ0) is 25.5. The van der Waals surface area contributed by atoms with E-state index in [1.165, 1.54) is 25.3 Å². The van der Waals surface area contributed by atoms with E-state index in [-0.39, 0.29) is 5.52 Å². The Morgan fingerprint density at radius 2 is 1.79 bits per heavy atom. The van der Waals surface area contributed by atoms with Gasteiger partial charge in [-0.2, -0.15) is 5.10 Å². The quantitative estimate of drug-likeness (QED) is 0.310. The van der Waals surface area contributed by atoms with Crippen LogP contribution in [0.3, 0.4) is 0 Å². The topological polar surface area (TPSA) is 99.3 Å². The summed E-state index contributed by atoms with van der Waals surface area (Å²) >= 11 is 0. The van der Waals surface area contributed by atoms with E-state index in [9.17, 15) is 0 Å². The molecule has 1 aliphatic rings. The second-order valence-electron chi connectivity index (χ2n) is 9.76. The summed E-state index contributed by atoms with van der Waals surface area (Å²) in [5, 5.41) is 7.89. The number of nitrogens with one attached hydrogen (secondary N) is 2. The average molecular weight is 505 g/mol. The van der Waals surface area contributed by atoms with Crippen molar-refractivity contribution in [1.29, 1.82) is 0 Å². The van der Waals surface area contributed by atoms with Crippen molar-refractivity contribution >= 4 is 22.1 Å². The van der Waals surface area contributed by atoms with Crippen molar-refractivity contribution in [1.82, 2.24) is 40.0 Å². The van der Waals surface area contributed by atoms with Crippen LogP contribution in [-0.2, 0) is 6.54 Å². The third kappa shape index (κ3) is 4.10. The molecule has 9 heteroatoms. The van der Waals surface area contributed by atoms with Crippen LogP contribution in [0.25, 0.3) is 55.8 Å². The first-order chi connectivity index (χ1) is 18.7. The van der Waals surface area contributed by atoms with Gasteiger partial charge in [-0.15, -0.1) is 0 Å². The van der Waals surface area contributed by atoms with Crippen molar-refractivity contribution in [3.05, 3.63) is 78.8 Å². The Morgan fingerprint density at radius 1 is 0.895 bits per heavy atom. The summed E-state index contributed by atoms with van der Waals surface area (Å²) in [6, 6.07) is 11.4. The molecular formula is C29H25FN8. The second-order valence-corrected chi connectivity index (χ2v) is 9.76. The monoisotopic (exact) mass is 504 g/mol. The van der Waals surface area contributed by atoms with Crippen molar-refractivity contribution in [3.8, 4) is 33.8 Å². The molecule has 38 heavy (non-hydrogen) atoms. The predicted octanol–water partition coefficient (Wildman–Crippen LogP) is 5.75. The standard InChI is InChI=1S/C29H25FN8/c30-24-13-20(21-11-18(14-32-16-21)17-38-9-2-1-3-10-38)12-23-25(24)36-37-27(23)29-34-26-22(6-8-33-28(26)35-29)19-5-4-7-31-15-19/h4-8,11-16H,1-3,9-10,17H2,(H,36,37)(H,33,34,35). The van der Waals surface area contributed by atoms with Gasteiger partial charge in [0.2, 0.25) is 0 Å². The van der Waals surface area contributed by atoms with Gasteiger partial charge in [0, 0.05) is 59.6 Å². The van der Waals surface area contributed by atoms with Gasteiger partial charge in [-0.05, 0) is 67.4 Å². The number of aromatic amines is 2. The van der Waals surface area contributed by atoms with E-state index in [4.69, 9.17) is 4.98 Å². The van der Waals surface area contributed by atoms with Crippen LogP contribution in [0.15, 0.2) is 67.4 Å². The minimum Gasteiger partial charge on any atom is -0.335 e. The number of fused-ring (bicyclic) bond motifs is 2. The highest BCUT2D eigenvalue weighted by molar-refractivity contribution is 5.97. The molecule has 0 radical (unpaired) electrons. The summed E-state index contributed by atoms with van der Waals surface area (Å²) in [6.45, 7) is 3.07. The second kappa shape index (κ2) is 9.42. The highest BCUT2D eigenvalue weighted by atomic mass is 19.1. The number of hydrogen-bond acceptors (Lipinski definition) is 6. The highest BCUT2D eigenvalue weighted by Gasteiger charge is 2.19. The van der Waals surface area contributed by atoms with Crippen molar-refractivity contribution in [2.45, 2.75) is 25.8 Å². The van der Waals surface area contributed by atoms with Crippen LogP contribution in [0.5, 0.6) is 0 Å². The Hall–Kier alpha value is -4.50. The minimum atomic E-state index is -0.397. The molecular weight excluding hydrogens is 479 g/mol. The number of halogens is 1. The molecule has 5 aromatic heterocycles. The Morgan fingerprint density at radius 3 is 2.66 bits per heavy atom. The molecule has 1 saturated heterocycles. The lowest BCUT2D eigenvalue weighted by atomic mass is 10.0. The largest absolute Gasteiger partial charge is 0.335 e. The maximum atomic E-state index is 15.3.